The average Bonchev–Trinajstić information content (AvgIpc) is 2.47. The van der Waals surface area contributed by atoms with Gasteiger partial charge in [-0.3, -0.25) is 4.79 Å². The summed E-state index contributed by atoms with van der Waals surface area (Å²) in [5, 5.41) is 3.24. The molecule has 0 saturated heterocycles. The van der Waals surface area contributed by atoms with Crippen molar-refractivity contribution in [2.75, 3.05) is 12.4 Å². The molecule has 0 radical (unpaired) electrons. The highest BCUT2D eigenvalue weighted by atomic mass is 35.5. The lowest BCUT2D eigenvalue weighted by Crippen LogP contribution is -2.03. The van der Waals surface area contributed by atoms with Gasteiger partial charge in [0.05, 0.1) is 18.6 Å². The molecule has 13 heavy (non-hydrogen) atoms. The van der Waals surface area contributed by atoms with Gasteiger partial charge in [-0.25, -0.2) is 0 Å². The van der Waals surface area contributed by atoms with Crippen molar-refractivity contribution >= 4 is 23.2 Å². The first-order valence-electron chi connectivity index (χ1n) is 3.87. The zero-order valence-corrected chi connectivity index (χ0v) is 7.81. The summed E-state index contributed by atoms with van der Waals surface area (Å²) in [5.74, 6) is 0.585. The summed E-state index contributed by atoms with van der Waals surface area (Å²) < 4.78 is 5.03. The number of methoxy groups -OCH3 is 1. The lowest BCUT2D eigenvalue weighted by molar-refractivity contribution is -0.115. The summed E-state index contributed by atoms with van der Waals surface area (Å²) in [6, 6.07) is 3.54. The number of amides is 1. The van der Waals surface area contributed by atoms with Crippen LogP contribution in [-0.2, 0) is 11.2 Å². The predicted octanol–water partition coefficient (Wildman–Crippen LogP) is 1.84. The lowest BCUT2D eigenvalue weighted by atomic mass is 10.1. The Hall–Kier alpha value is -1.22. The predicted molar refractivity (Wildman–Crippen MR) is 50.3 cm³/mol. The van der Waals surface area contributed by atoms with E-state index in [1.165, 1.54) is 0 Å². The summed E-state index contributed by atoms with van der Waals surface area (Å²) in [5.41, 5.74) is 1.61. The maximum absolute atomic E-state index is 11.0. The number of nitrogens with one attached hydrogen (secondary N) is 1. The molecule has 1 amide bonds. The van der Waals surface area contributed by atoms with Crippen LogP contribution in [0.25, 0.3) is 0 Å². The first-order valence-corrected chi connectivity index (χ1v) is 4.25. The van der Waals surface area contributed by atoms with Gasteiger partial charge in [0.1, 0.15) is 5.75 Å². The number of fused-ring (bicyclic) bond motifs is 1. The molecule has 0 spiro atoms. The Morgan fingerprint density at radius 3 is 3.00 bits per heavy atom. The zero-order chi connectivity index (χ0) is 9.42. The Labute approximate surface area is 80.6 Å². The van der Waals surface area contributed by atoms with Gasteiger partial charge in [0.15, 0.2) is 0 Å². The number of ether oxygens (including phenoxy) is 1. The van der Waals surface area contributed by atoms with Crippen molar-refractivity contribution in [3.63, 3.8) is 0 Å². The number of anilines is 1. The average molecular weight is 198 g/mol. The van der Waals surface area contributed by atoms with Gasteiger partial charge in [0.2, 0.25) is 5.91 Å². The molecule has 1 N–H and O–H groups in total. The molecular weight excluding hydrogens is 190 g/mol. The number of halogens is 1. The van der Waals surface area contributed by atoms with Crippen molar-refractivity contribution in [3.05, 3.63) is 22.7 Å². The molecule has 0 fully saturated rings. The minimum atomic E-state index is -0.0230. The largest absolute Gasteiger partial charge is 0.495 e. The van der Waals surface area contributed by atoms with E-state index < -0.39 is 0 Å². The number of hydrogen-bond donors (Lipinski definition) is 1. The van der Waals surface area contributed by atoms with Crippen molar-refractivity contribution in [2.24, 2.45) is 0 Å². The van der Waals surface area contributed by atoms with Crippen LogP contribution >= 0.6 is 11.6 Å². The van der Waals surface area contributed by atoms with E-state index in [0.29, 0.717) is 17.2 Å². The van der Waals surface area contributed by atoms with E-state index in [1.807, 2.05) is 0 Å². The Morgan fingerprint density at radius 2 is 2.31 bits per heavy atom. The van der Waals surface area contributed by atoms with Gasteiger partial charge in [0.25, 0.3) is 0 Å². The van der Waals surface area contributed by atoms with Gasteiger partial charge in [-0.05, 0) is 12.1 Å². The molecule has 68 valence electrons. The third kappa shape index (κ3) is 1.25. The van der Waals surface area contributed by atoms with Crippen LogP contribution in [0.2, 0.25) is 5.02 Å². The third-order valence-electron chi connectivity index (χ3n) is 2.04. The molecule has 1 aliphatic rings. The van der Waals surface area contributed by atoms with Gasteiger partial charge >= 0.3 is 0 Å². The number of rotatable bonds is 1. The van der Waals surface area contributed by atoms with Crippen LogP contribution in [0.15, 0.2) is 12.1 Å². The Balaban J connectivity index is 2.54. The molecule has 1 aromatic carbocycles. The Morgan fingerprint density at radius 1 is 1.54 bits per heavy atom. The van der Waals surface area contributed by atoms with E-state index in [0.717, 1.165) is 11.3 Å². The first kappa shape index (κ1) is 8.38. The third-order valence-corrected chi connectivity index (χ3v) is 2.45. The van der Waals surface area contributed by atoms with Crippen LogP contribution < -0.4 is 10.1 Å². The molecule has 0 unspecified atom stereocenters. The summed E-state index contributed by atoms with van der Waals surface area (Å²) in [6.07, 6.45) is 0.339. The standard InChI is InChI=1S/C9H8ClNO2/c1-13-7-3-2-6-5(9(7)10)4-8(12)11-6/h2-3H,4H2,1H3,(H,11,12). The molecule has 0 aliphatic carbocycles. The summed E-state index contributed by atoms with van der Waals surface area (Å²) in [7, 11) is 1.55. The van der Waals surface area contributed by atoms with Crippen LogP contribution in [0.3, 0.4) is 0 Å². The van der Waals surface area contributed by atoms with E-state index >= 15 is 0 Å². The lowest BCUT2D eigenvalue weighted by Gasteiger charge is -2.05. The Kier molecular flexibility index (Phi) is 1.88. The maximum atomic E-state index is 11.0. The summed E-state index contributed by atoms with van der Waals surface area (Å²) >= 11 is 6.00. The smallest absolute Gasteiger partial charge is 0.228 e. The first-order chi connectivity index (χ1) is 6.22. The molecule has 1 heterocycles. The SMILES string of the molecule is COc1ccc2c(c1Cl)CC(=O)N2. The van der Waals surface area contributed by atoms with Crippen molar-refractivity contribution < 1.29 is 9.53 Å². The fourth-order valence-corrected chi connectivity index (χ4v) is 1.71. The van der Waals surface area contributed by atoms with Crippen LogP contribution in [0, 0.1) is 0 Å². The second kappa shape index (κ2) is 2.92. The van der Waals surface area contributed by atoms with Gasteiger partial charge in [-0.1, -0.05) is 11.6 Å². The van der Waals surface area contributed by atoms with E-state index in [4.69, 9.17) is 16.3 Å². The number of benzene rings is 1. The topological polar surface area (TPSA) is 38.3 Å². The van der Waals surface area contributed by atoms with Crippen LogP contribution in [0.1, 0.15) is 5.56 Å². The van der Waals surface area contributed by atoms with Crippen molar-refractivity contribution in [1.29, 1.82) is 0 Å². The second-order valence-corrected chi connectivity index (χ2v) is 3.21. The molecule has 4 heteroatoms. The monoisotopic (exact) mass is 197 g/mol. The fraction of sp³-hybridized carbons (Fsp3) is 0.222. The highest BCUT2D eigenvalue weighted by molar-refractivity contribution is 6.34. The highest BCUT2D eigenvalue weighted by Gasteiger charge is 2.22. The van der Waals surface area contributed by atoms with Gasteiger partial charge in [-0.2, -0.15) is 0 Å². The normalized spacial score (nSPS) is 13.8. The van der Waals surface area contributed by atoms with Crippen LogP contribution in [0.5, 0.6) is 5.75 Å². The van der Waals surface area contributed by atoms with Gasteiger partial charge in [0, 0.05) is 11.3 Å². The maximum Gasteiger partial charge on any atom is 0.228 e. The molecule has 0 bridgehead atoms. The minimum Gasteiger partial charge on any atom is -0.495 e. The fourth-order valence-electron chi connectivity index (χ4n) is 1.40. The molecule has 2 rings (SSSR count). The Bertz CT molecular complexity index is 376. The van der Waals surface area contributed by atoms with Crippen molar-refractivity contribution in [2.45, 2.75) is 6.42 Å². The quantitative estimate of drug-likeness (QED) is 0.746. The van der Waals surface area contributed by atoms with E-state index in [1.54, 1.807) is 19.2 Å². The molecule has 1 aliphatic heterocycles. The molecule has 0 saturated carbocycles. The van der Waals surface area contributed by atoms with Crippen molar-refractivity contribution in [1.82, 2.24) is 0 Å². The molecule has 1 aromatic rings. The summed E-state index contributed by atoms with van der Waals surface area (Å²) in [6.45, 7) is 0. The molecule has 3 nitrogen and oxygen atoms in total. The number of carbonyl (C=O) groups is 1. The summed E-state index contributed by atoms with van der Waals surface area (Å²) in [4.78, 5) is 11.0. The van der Waals surface area contributed by atoms with E-state index in [2.05, 4.69) is 5.32 Å². The van der Waals surface area contributed by atoms with Gasteiger partial charge in [-0.15, -0.1) is 0 Å². The van der Waals surface area contributed by atoms with Crippen molar-refractivity contribution in [3.8, 4) is 5.75 Å². The molecule has 0 aromatic heterocycles. The second-order valence-electron chi connectivity index (χ2n) is 2.83. The van der Waals surface area contributed by atoms with E-state index in [-0.39, 0.29) is 5.91 Å². The number of hydrogen-bond acceptors (Lipinski definition) is 2. The van der Waals surface area contributed by atoms with E-state index in [9.17, 15) is 4.79 Å². The van der Waals surface area contributed by atoms with Crippen LogP contribution in [0.4, 0.5) is 5.69 Å². The van der Waals surface area contributed by atoms with Gasteiger partial charge < -0.3 is 10.1 Å². The number of carbonyl (C=O) groups excluding carboxylic acids is 1. The molecule has 0 atom stereocenters. The highest BCUT2D eigenvalue weighted by Crippen LogP contribution is 2.36. The minimum absolute atomic E-state index is 0.0230. The molecular formula is C9H8ClNO2. The van der Waals surface area contributed by atoms with Crippen LogP contribution in [-0.4, -0.2) is 13.0 Å². The zero-order valence-electron chi connectivity index (χ0n) is 7.06.